The van der Waals surface area contributed by atoms with Crippen LogP contribution in [0.3, 0.4) is 0 Å². The van der Waals surface area contributed by atoms with E-state index < -0.39 is 23.5 Å². The smallest absolute Gasteiger partial charge is 0.296 e. The molecule has 5 nitrogen and oxygen atoms in total. The molecule has 2 heterocycles. The number of ketones is 1. The third kappa shape index (κ3) is 3.79. The average Bonchev–Trinajstić information content (AvgIpc) is 3.35. The number of aromatic nitrogens is 1. The third-order valence-corrected chi connectivity index (χ3v) is 5.81. The Bertz CT molecular complexity index is 1110. The average molecular weight is 467 g/mol. The lowest BCUT2D eigenvalue weighted by atomic mass is 9.96. The lowest BCUT2D eigenvalue weighted by Crippen LogP contribution is -2.30. The Morgan fingerprint density at radius 1 is 1.14 bits per heavy atom. The van der Waals surface area contributed by atoms with E-state index in [1.54, 1.807) is 17.7 Å². The van der Waals surface area contributed by atoms with Gasteiger partial charge in [0.2, 0.25) is 0 Å². The number of allylic oxidation sites excluding steroid dienone is 1. The summed E-state index contributed by atoms with van der Waals surface area (Å²) in [5.41, 5.74) is 1.60. The van der Waals surface area contributed by atoms with Gasteiger partial charge in [-0.1, -0.05) is 64.5 Å². The number of benzene rings is 2. The fraction of sp³-hybridized carbons (Fsp3) is 0.0455. The first-order chi connectivity index (χ1) is 14.1. The number of anilines is 1. The molecule has 1 atom stereocenters. The van der Waals surface area contributed by atoms with Gasteiger partial charge in [0, 0.05) is 16.0 Å². The standard InChI is InChI=1S/C22H15BrN2O3S/c23-16-9-7-15(8-10-16)19-18(17(26)11-6-14-4-2-1-3-5-14)20(27)21(28)25(19)22-24-12-13-29-22/h1-13,19,27H. The molecule has 0 aliphatic carbocycles. The predicted octanol–water partition coefficient (Wildman–Crippen LogP) is 5.09. The number of carbonyl (C=O) groups excluding carboxylic acids is 2. The first kappa shape index (κ1) is 19.3. The summed E-state index contributed by atoms with van der Waals surface area (Å²) in [5, 5.41) is 12.7. The number of hydrogen-bond acceptors (Lipinski definition) is 5. The van der Waals surface area contributed by atoms with Crippen molar-refractivity contribution in [3.63, 3.8) is 0 Å². The van der Waals surface area contributed by atoms with Gasteiger partial charge in [-0.3, -0.25) is 14.5 Å². The van der Waals surface area contributed by atoms with E-state index in [2.05, 4.69) is 20.9 Å². The zero-order valence-corrected chi connectivity index (χ0v) is 17.4. The number of hydrogen-bond donors (Lipinski definition) is 1. The van der Waals surface area contributed by atoms with Crippen molar-refractivity contribution in [2.24, 2.45) is 0 Å². The van der Waals surface area contributed by atoms with Gasteiger partial charge >= 0.3 is 0 Å². The Labute approximate surface area is 179 Å². The van der Waals surface area contributed by atoms with Crippen molar-refractivity contribution in [1.82, 2.24) is 4.98 Å². The lowest BCUT2D eigenvalue weighted by Gasteiger charge is -2.24. The molecule has 4 rings (SSSR count). The predicted molar refractivity (Wildman–Crippen MR) is 117 cm³/mol. The number of thiazole rings is 1. The van der Waals surface area contributed by atoms with Crippen LogP contribution in [0.1, 0.15) is 17.2 Å². The maximum absolute atomic E-state index is 13.0. The van der Waals surface area contributed by atoms with Crippen LogP contribution in [0.25, 0.3) is 6.08 Å². The van der Waals surface area contributed by atoms with E-state index in [9.17, 15) is 14.7 Å². The fourth-order valence-electron chi connectivity index (χ4n) is 3.18. The van der Waals surface area contributed by atoms with Gasteiger partial charge in [0.15, 0.2) is 16.7 Å². The molecule has 1 aromatic heterocycles. The highest BCUT2D eigenvalue weighted by molar-refractivity contribution is 9.10. The van der Waals surface area contributed by atoms with Gasteiger partial charge in [-0.15, -0.1) is 11.3 Å². The Balaban J connectivity index is 1.77. The Kier molecular flexibility index (Phi) is 5.42. The lowest BCUT2D eigenvalue weighted by molar-refractivity contribution is -0.117. The number of carbonyl (C=O) groups is 2. The van der Waals surface area contributed by atoms with Gasteiger partial charge in [-0.2, -0.15) is 0 Å². The molecule has 29 heavy (non-hydrogen) atoms. The van der Waals surface area contributed by atoms with Crippen molar-refractivity contribution in [2.45, 2.75) is 6.04 Å². The fourth-order valence-corrected chi connectivity index (χ4v) is 4.11. The van der Waals surface area contributed by atoms with Crippen LogP contribution >= 0.6 is 27.3 Å². The van der Waals surface area contributed by atoms with Crippen LogP contribution in [0.2, 0.25) is 0 Å². The van der Waals surface area contributed by atoms with E-state index in [1.165, 1.54) is 22.3 Å². The molecule has 0 spiro atoms. The zero-order valence-electron chi connectivity index (χ0n) is 15.0. The molecule has 1 unspecified atom stereocenters. The molecular formula is C22H15BrN2O3S. The molecular weight excluding hydrogens is 452 g/mol. The molecule has 0 fully saturated rings. The van der Waals surface area contributed by atoms with E-state index in [0.29, 0.717) is 10.7 Å². The molecule has 0 bridgehead atoms. The topological polar surface area (TPSA) is 70.5 Å². The molecule has 144 valence electrons. The first-order valence-corrected chi connectivity index (χ1v) is 10.4. The van der Waals surface area contributed by atoms with Gasteiger partial charge in [0.1, 0.15) is 0 Å². The van der Waals surface area contributed by atoms with E-state index in [0.717, 1.165) is 10.0 Å². The molecule has 1 N–H and O–H groups in total. The van der Waals surface area contributed by atoms with Crippen molar-refractivity contribution in [3.8, 4) is 0 Å². The second-order valence-electron chi connectivity index (χ2n) is 6.31. The van der Waals surface area contributed by atoms with E-state index in [1.807, 2.05) is 54.6 Å². The zero-order chi connectivity index (χ0) is 20.4. The van der Waals surface area contributed by atoms with Crippen LogP contribution in [0.5, 0.6) is 0 Å². The minimum Gasteiger partial charge on any atom is -0.503 e. The minimum atomic E-state index is -0.755. The summed E-state index contributed by atoms with van der Waals surface area (Å²) in [6.07, 6.45) is 4.63. The summed E-state index contributed by atoms with van der Waals surface area (Å²) in [7, 11) is 0. The Morgan fingerprint density at radius 3 is 2.52 bits per heavy atom. The van der Waals surface area contributed by atoms with Crippen molar-refractivity contribution in [2.75, 3.05) is 4.90 Å². The van der Waals surface area contributed by atoms with Crippen LogP contribution in [0, 0.1) is 0 Å². The molecule has 1 aliphatic rings. The summed E-state index contributed by atoms with van der Waals surface area (Å²) < 4.78 is 0.872. The molecule has 0 radical (unpaired) electrons. The number of rotatable bonds is 5. The van der Waals surface area contributed by atoms with Crippen molar-refractivity contribution < 1.29 is 14.7 Å². The molecule has 3 aromatic rings. The summed E-state index contributed by atoms with van der Waals surface area (Å²) in [6, 6.07) is 15.9. The highest BCUT2D eigenvalue weighted by Gasteiger charge is 2.44. The Morgan fingerprint density at radius 2 is 1.86 bits per heavy atom. The van der Waals surface area contributed by atoms with Crippen LogP contribution in [-0.2, 0) is 9.59 Å². The number of amides is 1. The van der Waals surface area contributed by atoms with Crippen molar-refractivity contribution >= 4 is 50.2 Å². The number of aliphatic hydroxyl groups is 1. The minimum absolute atomic E-state index is 0.0414. The van der Waals surface area contributed by atoms with Crippen LogP contribution < -0.4 is 4.90 Å². The quantitative estimate of drug-likeness (QED) is 0.531. The summed E-state index contributed by atoms with van der Waals surface area (Å²) in [5.74, 6) is -1.60. The largest absolute Gasteiger partial charge is 0.503 e. The van der Waals surface area contributed by atoms with Crippen LogP contribution in [0.15, 0.2) is 88.1 Å². The van der Waals surface area contributed by atoms with Gasteiger partial charge in [-0.25, -0.2) is 4.98 Å². The summed E-state index contributed by atoms with van der Waals surface area (Å²) in [4.78, 5) is 31.5. The molecule has 0 saturated heterocycles. The van der Waals surface area contributed by atoms with Gasteiger partial charge < -0.3 is 5.11 Å². The number of nitrogens with zero attached hydrogens (tertiary/aromatic N) is 2. The Hall–Kier alpha value is -3.03. The second-order valence-corrected chi connectivity index (χ2v) is 8.10. The number of halogens is 1. The molecule has 1 amide bonds. The van der Waals surface area contributed by atoms with Gasteiger partial charge in [0.05, 0.1) is 11.6 Å². The highest BCUT2D eigenvalue weighted by Crippen LogP contribution is 2.41. The number of aliphatic hydroxyl groups excluding tert-OH is 1. The van der Waals surface area contributed by atoms with Crippen molar-refractivity contribution in [3.05, 3.63) is 99.2 Å². The molecule has 1 aliphatic heterocycles. The third-order valence-electron chi connectivity index (χ3n) is 4.51. The first-order valence-electron chi connectivity index (χ1n) is 8.75. The van der Waals surface area contributed by atoms with Gasteiger partial charge in [0.25, 0.3) is 5.91 Å². The van der Waals surface area contributed by atoms with Crippen molar-refractivity contribution in [1.29, 1.82) is 0 Å². The van der Waals surface area contributed by atoms with Gasteiger partial charge in [-0.05, 0) is 29.3 Å². The van der Waals surface area contributed by atoms with E-state index in [-0.39, 0.29) is 5.57 Å². The highest BCUT2D eigenvalue weighted by atomic mass is 79.9. The normalized spacial score (nSPS) is 16.8. The van der Waals surface area contributed by atoms with E-state index >= 15 is 0 Å². The maximum Gasteiger partial charge on any atom is 0.296 e. The van der Waals surface area contributed by atoms with E-state index in [4.69, 9.17) is 0 Å². The summed E-state index contributed by atoms with van der Waals surface area (Å²) in [6.45, 7) is 0. The molecule has 7 heteroatoms. The van der Waals surface area contributed by atoms with Crippen LogP contribution in [0.4, 0.5) is 5.13 Å². The maximum atomic E-state index is 13.0. The molecule has 2 aromatic carbocycles. The van der Waals surface area contributed by atoms with Crippen LogP contribution in [-0.4, -0.2) is 21.8 Å². The molecule has 0 saturated carbocycles. The SMILES string of the molecule is O=C(C=Cc1ccccc1)C1=C(O)C(=O)N(c2nccs2)C1c1ccc(Br)cc1. The monoisotopic (exact) mass is 466 g/mol. The second kappa shape index (κ2) is 8.14. The summed E-state index contributed by atoms with van der Waals surface area (Å²) >= 11 is 4.67.